The molecule has 2 heterocycles. The van der Waals surface area contributed by atoms with Crippen LogP contribution in [0.2, 0.25) is 0 Å². The van der Waals surface area contributed by atoms with Crippen LogP contribution in [0.4, 0.5) is 13.2 Å². The molecule has 1 N–H and O–H groups in total. The molecule has 7 heteroatoms. The molecule has 1 saturated heterocycles. The Bertz CT molecular complexity index is 687. The van der Waals surface area contributed by atoms with Crippen LogP contribution >= 0.6 is 0 Å². The molecule has 140 valence electrons. The predicted octanol–water partition coefficient (Wildman–Crippen LogP) is 3.53. The number of piperidine rings is 1. The van der Waals surface area contributed by atoms with Gasteiger partial charge < -0.3 is 10.2 Å². The van der Waals surface area contributed by atoms with Crippen LogP contribution in [-0.2, 0) is 17.4 Å². The number of alkyl halides is 3. The molecule has 1 aromatic carbocycles. The fourth-order valence-electron chi connectivity index (χ4n) is 3.20. The highest BCUT2D eigenvalue weighted by atomic mass is 19.4. The van der Waals surface area contributed by atoms with Crippen LogP contribution in [0.25, 0.3) is 0 Å². The van der Waals surface area contributed by atoms with E-state index >= 15 is 0 Å². The van der Waals surface area contributed by atoms with E-state index in [4.69, 9.17) is 4.99 Å². The second-order valence-corrected chi connectivity index (χ2v) is 6.64. The molecule has 2 aliphatic heterocycles. The number of nitrogens with zero attached hydrogens (tertiary/aromatic N) is 2. The SMILES string of the molecule is O=C(Cc1ccc(C(F)(F)F)cc1)N1CCC(N=C2CCC=CN2)CC1. The van der Waals surface area contributed by atoms with Crippen LogP contribution in [0.3, 0.4) is 0 Å². The Morgan fingerprint density at radius 2 is 1.88 bits per heavy atom. The molecule has 1 aromatic rings. The summed E-state index contributed by atoms with van der Waals surface area (Å²) >= 11 is 0. The van der Waals surface area contributed by atoms with Crippen molar-refractivity contribution in [2.45, 2.75) is 44.3 Å². The minimum Gasteiger partial charge on any atom is -0.351 e. The van der Waals surface area contributed by atoms with Gasteiger partial charge >= 0.3 is 6.18 Å². The number of hydrogen-bond donors (Lipinski definition) is 1. The fourth-order valence-corrected chi connectivity index (χ4v) is 3.20. The fraction of sp³-hybridized carbons (Fsp3) is 0.474. The molecular weight excluding hydrogens is 343 g/mol. The van der Waals surface area contributed by atoms with Crippen molar-refractivity contribution in [1.82, 2.24) is 10.2 Å². The number of amidine groups is 1. The lowest BCUT2D eigenvalue weighted by Crippen LogP contribution is -2.41. The molecule has 0 radical (unpaired) electrons. The van der Waals surface area contributed by atoms with E-state index in [1.165, 1.54) is 12.1 Å². The summed E-state index contributed by atoms with van der Waals surface area (Å²) in [5, 5.41) is 3.16. The van der Waals surface area contributed by atoms with Crippen LogP contribution in [0, 0.1) is 0 Å². The number of aliphatic imine (C=N–C) groups is 1. The highest BCUT2D eigenvalue weighted by Gasteiger charge is 2.30. The van der Waals surface area contributed by atoms with Crippen molar-refractivity contribution >= 4 is 11.7 Å². The summed E-state index contributed by atoms with van der Waals surface area (Å²) in [5.41, 5.74) is -0.0941. The number of hydrogen-bond acceptors (Lipinski definition) is 2. The number of benzene rings is 1. The smallest absolute Gasteiger partial charge is 0.351 e. The van der Waals surface area contributed by atoms with E-state index in [1.54, 1.807) is 4.90 Å². The van der Waals surface area contributed by atoms with Crippen LogP contribution < -0.4 is 5.32 Å². The van der Waals surface area contributed by atoms with Crippen molar-refractivity contribution in [3.8, 4) is 0 Å². The number of rotatable bonds is 3. The normalized spacial score (nSPS) is 20.3. The second kappa shape index (κ2) is 7.93. The lowest BCUT2D eigenvalue weighted by atomic mass is 10.0. The average Bonchev–Trinajstić information content (AvgIpc) is 2.63. The van der Waals surface area contributed by atoms with E-state index in [0.717, 1.165) is 43.7 Å². The summed E-state index contributed by atoms with van der Waals surface area (Å²) in [4.78, 5) is 18.9. The van der Waals surface area contributed by atoms with Crippen LogP contribution in [0.5, 0.6) is 0 Å². The van der Waals surface area contributed by atoms with Gasteiger partial charge in [0.1, 0.15) is 5.84 Å². The van der Waals surface area contributed by atoms with Crippen molar-refractivity contribution in [2.24, 2.45) is 4.99 Å². The second-order valence-electron chi connectivity index (χ2n) is 6.64. The maximum Gasteiger partial charge on any atom is 0.416 e. The quantitative estimate of drug-likeness (QED) is 0.891. The first-order valence-electron chi connectivity index (χ1n) is 8.84. The minimum atomic E-state index is -4.35. The van der Waals surface area contributed by atoms with Crippen molar-refractivity contribution in [3.05, 3.63) is 47.7 Å². The average molecular weight is 365 g/mol. The van der Waals surface area contributed by atoms with Gasteiger partial charge in [0.2, 0.25) is 5.91 Å². The number of carbonyl (C=O) groups is 1. The number of halogens is 3. The van der Waals surface area contributed by atoms with E-state index in [2.05, 4.69) is 11.4 Å². The summed E-state index contributed by atoms with van der Waals surface area (Å²) in [5.74, 6) is 0.955. The summed E-state index contributed by atoms with van der Waals surface area (Å²) in [6, 6.07) is 5.02. The molecule has 2 aliphatic rings. The van der Waals surface area contributed by atoms with Gasteiger partial charge in [-0.05, 0) is 43.2 Å². The molecule has 0 bridgehead atoms. The molecular formula is C19H22F3N3O. The Hall–Kier alpha value is -2.31. The van der Waals surface area contributed by atoms with Gasteiger partial charge in [-0.1, -0.05) is 18.2 Å². The Labute approximate surface area is 150 Å². The first-order chi connectivity index (χ1) is 12.4. The number of likely N-dealkylation sites (tertiary alicyclic amines) is 1. The zero-order valence-electron chi connectivity index (χ0n) is 14.4. The molecule has 0 atom stereocenters. The van der Waals surface area contributed by atoms with Crippen molar-refractivity contribution < 1.29 is 18.0 Å². The van der Waals surface area contributed by atoms with Crippen LogP contribution in [0.15, 0.2) is 41.5 Å². The number of allylic oxidation sites excluding steroid dienone is 1. The van der Waals surface area contributed by atoms with Crippen LogP contribution in [0.1, 0.15) is 36.8 Å². The van der Waals surface area contributed by atoms with E-state index < -0.39 is 11.7 Å². The highest BCUT2D eigenvalue weighted by molar-refractivity contribution is 5.84. The molecule has 3 rings (SSSR count). The Morgan fingerprint density at radius 1 is 1.19 bits per heavy atom. The molecule has 0 unspecified atom stereocenters. The van der Waals surface area contributed by atoms with Gasteiger partial charge in [-0.3, -0.25) is 9.79 Å². The lowest BCUT2D eigenvalue weighted by molar-refractivity contribution is -0.137. The largest absolute Gasteiger partial charge is 0.416 e. The molecule has 0 aromatic heterocycles. The minimum absolute atomic E-state index is 0.0467. The first-order valence-corrected chi connectivity index (χ1v) is 8.84. The summed E-state index contributed by atoms with van der Waals surface area (Å²) in [6.45, 7) is 1.27. The van der Waals surface area contributed by atoms with Gasteiger partial charge in [-0.25, -0.2) is 0 Å². The maximum absolute atomic E-state index is 12.6. The van der Waals surface area contributed by atoms with Gasteiger partial charge in [0, 0.05) is 19.5 Å². The third-order valence-electron chi connectivity index (χ3n) is 4.71. The Kier molecular flexibility index (Phi) is 5.64. The summed E-state index contributed by atoms with van der Waals surface area (Å²) in [7, 11) is 0. The zero-order chi connectivity index (χ0) is 18.6. The van der Waals surface area contributed by atoms with Crippen molar-refractivity contribution in [3.63, 3.8) is 0 Å². The number of nitrogens with one attached hydrogen (secondary N) is 1. The lowest BCUT2D eigenvalue weighted by Gasteiger charge is -2.31. The standard InChI is InChI=1S/C19H22F3N3O/c20-19(21,22)15-6-4-14(5-7-15)13-18(26)25-11-8-16(9-12-25)24-17-3-1-2-10-23-17/h2,4-7,10,16H,1,3,8-9,11-13H2,(H,23,24). The monoisotopic (exact) mass is 365 g/mol. The van der Waals surface area contributed by atoms with Gasteiger partial charge in [0.05, 0.1) is 18.0 Å². The Balaban J connectivity index is 1.50. The van der Waals surface area contributed by atoms with Crippen molar-refractivity contribution in [1.29, 1.82) is 0 Å². The van der Waals surface area contributed by atoms with E-state index in [0.29, 0.717) is 18.7 Å². The Morgan fingerprint density at radius 3 is 2.46 bits per heavy atom. The van der Waals surface area contributed by atoms with E-state index in [-0.39, 0.29) is 18.4 Å². The van der Waals surface area contributed by atoms with Gasteiger partial charge in [-0.15, -0.1) is 0 Å². The summed E-state index contributed by atoms with van der Waals surface area (Å²) in [6.07, 6.45) is 3.30. The molecule has 4 nitrogen and oxygen atoms in total. The van der Waals surface area contributed by atoms with Crippen molar-refractivity contribution in [2.75, 3.05) is 13.1 Å². The molecule has 0 aliphatic carbocycles. The summed E-state index contributed by atoms with van der Waals surface area (Å²) < 4.78 is 37.8. The zero-order valence-corrected chi connectivity index (χ0v) is 14.4. The van der Waals surface area contributed by atoms with Gasteiger partial charge in [0.25, 0.3) is 0 Å². The number of amides is 1. The molecule has 0 spiro atoms. The van der Waals surface area contributed by atoms with E-state index in [1.807, 2.05) is 6.20 Å². The van der Waals surface area contributed by atoms with Gasteiger partial charge in [-0.2, -0.15) is 13.2 Å². The third kappa shape index (κ3) is 4.86. The number of carbonyl (C=O) groups excluding carboxylic acids is 1. The predicted molar refractivity (Wildman–Crippen MR) is 93.7 cm³/mol. The molecule has 26 heavy (non-hydrogen) atoms. The van der Waals surface area contributed by atoms with E-state index in [9.17, 15) is 18.0 Å². The molecule has 1 fully saturated rings. The highest BCUT2D eigenvalue weighted by Crippen LogP contribution is 2.29. The van der Waals surface area contributed by atoms with Gasteiger partial charge in [0.15, 0.2) is 0 Å². The third-order valence-corrected chi connectivity index (χ3v) is 4.71. The first kappa shape index (κ1) is 18.5. The maximum atomic E-state index is 12.6. The van der Waals surface area contributed by atoms with Crippen LogP contribution in [-0.4, -0.2) is 35.8 Å². The molecule has 1 amide bonds. The topological polar surface area (TPSA) is 44.7 Å². The molecule has 0 saturated carbocycles.